The predicted octanol–water partition coefficient (Wildman–Crippen LogP) is 4.77. The van der Waals surface area contributed by atoms with E-state index in [2.05, 4.69) is 0 Å². The SMILES string of the molecule is COc1ccccc1CCC[C@H](O)c1ccc(C(F)(F)F)cc1. The van der Waals surface area contributed by atoms with Crippen molar-refractivity contribution in [2.75, 3.05) is 7.11 Å². The molecule has 2 aromatic carbocycles. The van der Waals surface area contributed by atoms with Crippen LogP contribution in [0.2, 0.25) is 0 Å². The first-order valence-corrected chi connectivity index (χ1v) is 7.39. The van der Waals surface area contributed by atoms with Crippen molar-refractivity contribution in [2.45, 2.75) is 31.5 Å². The van der Waals surface area contributed by atoms with Gasteiger partial charge in [0, 0.05) is 0 Å². The van der Waals surface area contributed by atoms with Crippen LogP contribution in [0.1, 0.15) is 35.6 Å². The van der Waals surface area contributed by atoms with Gasteiger partial charge in [-0.05, 0) is 48.6 Å². The Morgan fingerprint density at radius 3 is 2.30 bits per heavy atom. The van der Waals surface area contributed by atoms with Gasteiger partial charge in [-0.1, -0.05) is 30.3 Å². The van der Waals surface area contributed by atoms with Gasteiger partial charge in [-0.2, -0.15) is 13.2 Å². The summed E-state index contributed by atoms with van der Waals surface area (Å²) in [5.41, 5.74) is 0.843. The van der Waals surface area contributed by atoms with Crippen LogP contribution in [0.5, 0.6) is 5.75 Å². The zero-order chi connectivity index (χ0) is 16.9. The summed E-state index contributed by atoms with van der Waals surface area (Å²) in [6.07, 6.45) is -3.20. The maximum absolute atomic E-state index is 12.5. The number of methoxy groups -OCH3 is 1. The molecule has 0 fully saturated rings. The molecule has 0 aliphatic carbocycles. The molecule has 0 aromatic heterocycles. The van der Waals surface area contributed by atoms with Crippen LogP contribution >= 0.6 is 0 Å². The molecule has 124 valence electrons. The van der Waals surface area contributed by atoms with E-state index >= 15 is 0 Å². The summed E-state index contributed by atoms with van der Waals surface area (Å²) in [5, 5.41) is 10.1. The van der Waals surface area contributed by atoms with Gasteiger partial charge in [0.25, 0.3) is 0 Å². The predicted molar refractivity (Wildman–Crippen MR) is 82.3 cm³/mol. The first-order valence-electron chi connectivity index (χ1n) is 7.39. The lowest BCUT2D eigenvalue weighted by atomic mass is 10.00. The van der Waals surface area contributed by atoms with Gasteiger partial charge in [0.15, 0.2) is 0 Å². The van der Waals surface area contributed by atoms with Crippen LogP contribution in [0.25, 0.3) is 0 Å². The standard InChI is InChI=1S/C18H19F3O2/c1-23-17-8-3-2-5-14(17)6-4-7-16(22)13-9-11-15(12-10-13)18(19,20)21/h2-3,5,8-12,16,22H,4,6-7H2,1H3/t16-/m0/s1. The van der Waals surface area contributed by atoms with E-state index < -0.39 is 17.8 Å². The highest BCUT2D eigenvalue weighted by atomic mass is 19.4. The van der Waals surface area contributed by atoms with Gasteiger partial charge < -0.3 is 9.84 Å². The first kappa shape index (κ1) is 17.3. The lowest BCUT2D eigenvalue weighted by Crippen LogP contribution is -2.05. The lowest BCUT2D eigenvalue weighted by molar-refractivity contribution is -0.137. The van der Waals surface area contributed by atoms with Crippen molar-refractivity contribution in [3.05, 3.63) is 65.2 Å². The Morgan fingerprint density at radius 1 is 1.04 bits per heavy atom. The van der Waals surface area contributed by atoms with E-state index in [1.165, 1.54) is 12.1 Å². The number of hydrogen-bond donors (Lipinski definition) is 1. The maximum Gasteiger partial charge on any atom is 0.416 e. The number of alkyl halides is 3. The number of rotatable bonds is 6. The quantitative estimate of drug-likeness (QED) is 0.829. The Balaban J connectivity index is 1.91. The molecule has 0 saturated heterocycles. The van der Waals surface area contributed by atoms with Crippen molar-refractivity contribution in [2.24, 2.45) is 0 Å². The fourth-order valence-electron chi connectivity index (χ4n) is 2.46. The molecule has 0 unspecified atom stereocenters. The van der Waals surface area contributed by atoms with Gasteiger partial charge in [0.1, 0.15) is 5.75 Å². The normalized spacial score (nSPS) is 12.9. The molecule has 0 heterocycles. The average molecular weight is 324 g/mol. The molecule has 0 saturated carbocycles. The molecule has 0 bridgehead atoms. The van der Waals surface area contributed by atoms with E-state index in [0.29, 0.717) is 18.4 Å². The van der Waals surface area contributed by atoms with Crippen LogP contribution in [-0.2, 0) is 12.6 Å². The monoisotopic (exact) mass is 324 g/mol. The van der Waals surface area contributed by atoms with Crippen molar-refractivity contribution in [3.8, 4) is 5.75 Å². The van der Waals surface area contributed by atoms with Crippen LogP contribution in [0.3, 0.4) is 0 Å². The minimum Gasteiger partial charge on any atom is -0.496 e. The summed E-state index contributed by atoms with van der Waals surface area (Å²) in [6, 6.07) is 12.3. The summed E-state index contributed by atoms with van der Waals surface area (Å²) in [7, 11) is 1.61. The summed E-state index contributed by atoms with van der Waals surface area (Å²) in [6.45, 7) is 0. The van der Waals surface area contributed by atoms with Crippen molar-refractivity contribution < 1.29 is 23.0 Å². The topological polar surface area (TPSA) is 29.5 Å². The molecule has 5 heteroatoms. The second-order valence-corrected chi connectivity index (χ2v) is 5.34. The van der Waals surface area contributed by atoms with Crippen LogP contribution in [0.4, 0.5) is 13.2 Å². The summed E-state index contributed by atoms with van der Waals surface area (Å²) < 4.78 is 42.8. The molecular weight excluding hydrogens is 305 g/mol. The number of halogens is 3. The molecule has 23 heavy (non-hydrogen) atoms. The van der Waals surface area contributed by atoms with Crippen LogP contribution < -0.4 is 4.74 Å². The fourth-order valence-corrected chi connectivity index (χ4v) is 2.46. The Labute approximate surface area is 133 Å². The molecule has 0 aliphatic rings. The third-order valence-corrected chi connectivity index (χ3v) is 3.74. The molecule has 1 atom stereocenters. The minimum absolute atomic E-state index is 0.476. The Hall–Kier alpha value is -2.01. The molecule has 0 aliphatic heterocycles. The average Bonchev–Trinajstić information content (AvgIpc) is 2.54. The molecule has 2 rings (SSSR count). The number of ether oxygens (including phenoxy) is 1. The van der Waals surface area contributed by atoms with E-state index in [1.54, 1.807) is 7.11 Å². The zero-order valence-electron chi connectivity index (χ0n) is 12.8. The molecule has 0 amide bonds. The highest BCUT2D eigenvalue weighted by Gasteiger charge is 2.30. The molecule has 2 nitrogen and oxygen atoms in total. The van der Waals surface area contributed by atoms with Crippen molar-refractivity contribution in [1.29, 1.82) is 0 Å². The van der Waals surface area contributed by atoms with Crippen LogP contribution in [-0.4, -0.2) is 12.2 Å². The Kier molecular flexibility index (Phi) is 5.66. The summed E-state index contributed by atoms with van der Waals surface area (Å²) in [4.78, 5) is 0. The molecule has 0 radical (unpaired) electrons. The largest absolute Gasteiger partial charge is 0.496 e. The Morgan fingerprint density at radius 2 is 1.70 bits per heavy atom. The van der Waals surface area contributed by atoms with E-state index in [9.17, 15) is 18.3 Å². The van der Waals surface area contributed by atoms with Crippen molar-refractivity contribution in [3.63, 3.8) is 0 Å². The van der Waals surface area contributed by atoms with Gasteiger partial charge >= 0.3 is 6.18 Å². The number of aliphatic hydroxyl groups is 1. The summed E-state index contributed by atoms with van der Waals surface area (Å²) in [5.74, 6) is 0.802. The third-order valence-electron chi connectivity index (χ3n) is 3.74. The van der Waals surface area contributed by atoms with Gasteiger partial charge in [-0.15, -0.1) is 0 Å². The third kappa shape index (κ3) is 4.73. The molecule has 1 N–H and O–H groups in total. The van der Waals surface area contributed by atoms with Crippen LogP contribution in [0, 0.1) is 0 Å². The molecular formula is C18H19F3O2. The summed E-state index contributed by atoms with van der Waals surface area (Å²) >= 11 is 0. The highest BCUT2D eigenvalue weighted by molar-refractivity contribution is 5.33. The second-order valence-electron chi connectivity index (χ2n) is 5.34. The highest BCUT2D eigenvalue weighted by Crippen LogP contribution is 2.30. The van der Waals surface area contributed by atoms with Gasteiger partial charge in [0.05, 0.1) is 18.8 Å². The number of benzene rings is 2. The Bertz CT molecular complexity index is 621. The fraction of sp³-hybridized carbons (Fsp3) is 0.333. The number of para-hydroxylation sites is 1. The minimum atomic E-state index is -4.35. The van der Waals surface area contributed by atoms with Gasteiger partial charge in [0.2, 0.25) is 0 Å². The maximum atomic E-state index is 12.5. The second kappa shape index (κ2) is 7.51. The number of hydrogen-bond acceptors (Lipinski definition) is 2. The van der Waals surface area contributed by atoms with E-state index in [4.69, 9.17) is 4.74 Å². The van der Waals surface area contributed by atoms with Crippen molar-refractivity contribution in [1.82, 2.24) is 0 Å². The van der Waals surface area contributed by atoms with Crippen molar-refractivity contribution >= 4 is 0 Å². The lowest BCUT2D eigenvalue weighted by Gasteiger charge is -2.13. The van der Waals surface area contributed by atoms with E-state index in [1.807, 2.05) is 24.3 Å². The van der Waals surface area contributed by atoms with E-state index in [0.717, 1.165) is 29.9 Å². The molecule has 2 aromatic rings. The van der Waals surface area contributed by atoms with Crippen LogP contribution in [0.15, 0.2) is 48.5 Å². The van der Waals surface area contributed by atoms with E-state index in [-0.39, 0.29) is 0 Å². The zero-order valence-corrected chi connectivity index (χ0v) is 12.8. The number of aryl methyl sites for hydroxylation is 1. The first-order chi connectivity index (χ1) is 10.9. The molecule has 0 spiro atoms. The number of aliphatic hydroxyl groups excluding tert-OH is 1. The van der Waals surface area contributed by atoms with Gasteiger partial charge in [-0.3, -0.25) is 0 Å². The van der Waals surface area contributed by atoms with Gasteiger partial charge in [-0.25, -0.2) is 0 Å². The smallest absolute Gasteiger partial charge is 0.416 e.